The number of nitrogen functional groups attached to an aromatic ring is 1. The van der Waals surface area contributed by atoms with Gasteiger partial charge in [-0.3, -0.25) is 0 Å². The summed E-state index contributed by atoms with van der Waals surface area (Å²) in [5, 5.41) is 3.10. The molecule has 2 rings (SSSR count). The van der Waals surface area contributed by atoms with Crippen molar-refractivity contribution in [3.63, 3.8) is 0 Å². The van der Waals surface area contributed by atoms with Crippen molar-refractivity contribution in [3.8, 4) is 0 Å². The van der Waals surface area contributed by atoms with Gasteiger partial charge in [-0.1, -0.05) is 11.8 Å². The second-order valence-corrected chi connectivity index (χ2v) is 4.59. The van der Waals surface area contributed by atoms with E-state index in [1.165, 1.54) is 9.79 Å². The average Bonchev–Trinajstić information content (AvgIpc) is 2.33. The molecule has 0 saturated carbocycles. The van der Waals surface area contributed by atoms with Crippen molar-refractivity contribution in [1.29, 1.82) is 0 Å². The number of benzene rings is 2. The molecule has 0 aliphatic rings. The Morgan fingerprint density at radius 3 is 1.88 bits per heavy atom. The fraction of sp³-hybridized carbons (Fsp3) is 0.0769. The molecule has 0 unspecified atom stereocenters. The summed E-state index contributed by atoms with van der Waals surface area (Å²) < 4.78 is 0. The summed E-state index contributed by atoms with van der Waals surface area (Å²) in [4.78, 5) is 2.43. The Kier molecular flexibility index (Phi) is 3.37. The molecule has 0 fully saturated rings. The molecule has 2 aromatic rings. The molecule has 3 N–H and O–H groups in total. The number of nitrogens with one attached hydrogen (secondary N) is 1. The van der Waals surface area contributed by atoms with Crippen LogP contribution in [0.15, 0.2) is 58.3 Å². The summed E-state index contributed by atoms with van der Waals surface area (Å²) in [6.07, 6.45) is 0. The molecule has 0 heterocycles. The summed E-state index contributed by atoms with van der Waals surface area (Å²) in [7, 11) is 1.92. The van der Waals surface area contributed by atoms with Crippen LogP contribution in [0.3, 0.4) is 0 Å². The zero-order chi connectivity index (χ0) is 11.4. The second-order valence-electron chi connectivity index (χ2n) is 3.45. The first-order chi connectivity index (χ1) is 7.78. The molecule has 0 atom stereocenters. The predicted molar refractivity (Wildman–Crippen MR) is 71.0 cm³/mol. The highest BCUT2D eigenvalue weighted by Gasteiger charge is 1.97. The fourth-order valence-electron chi connectivity index (χ4n) is 1.36. The highest BCUT2D eigenvalue weighted by atomic mass is 32.2. The molecule has 2 aromatic carbocycles. The smallest absolute Gasteiger partial charge is 0.0338 e. The van der Waals surface area contributed by atoms with Gasteiger partial charge in [0, 0.05) is 28.2 Å². The van der Waals surface area contributed by atoms with E-state index in [9.17, 15) is 0 Å². The van der Waals surface area contributed by atoms with Gasteiger partial charge in [-0.25, -0.2) is 0 Å². The van der Waals surface area contributed by atoms with Crippen molar-refractivity contribution < 1.29 is 0 Å². The van der Waals surface area contributed by atoms with Crippen LogP contribution in [0, 0.1) is 0 Å². The van der Waals surface area contributed by atoms with Crippen molar-refractivity contribution in [2.45, 2.75) is 9.79 Å². The van der Waals surface area contributed by atoms with Crippen LogP contribution in [0.1, 0.15) is 0 Å². The SMILES string of the molecule is CNc1ccc(Sc2ccc(N)cc2)cc1. The highest BCUT2D eigenvalue weighted by molar-refractivity contribution is 7.99. The maximum Gasteiger partial charge on any atom is 0.0338 e. The van der Waals surface area contributed by atoms with Gasteiger partial charge in [-0.15, -0.1) is 0 Å². The van der Waals surface area contributed by atoms with Gasteiger partial charge in [-0.05, 0) is 48.5 Å². The third-order valence-corrected chi connectivity index (χ3v) is 3.27. The third-order valence-electron chi connectivity index (χ3n) is 2.26. The van der Waals surface area contributed by atoms with E-state index >= 15 is 0 Å². The molecule has 16 heavy (non-hydrogen) atoms. The number of hydrogen-bond acceptors (Lipinski definition) is 3. The Morgan fingerprint density at radius 1 is 0.875 bits per heavy atom. The van der Waals surface area contributed by atoms with Gasteiger partial charge >= 0.3 is 0 Å². The first-order valence-electron chi connectivity index (χ1n) is 5.09. The monoisotopic (exact) mass is 230 g/mol. The van der Waals surface area contributed by atoms with Crippen LogP contribution in [0.2, 0.25) is 0 Å². The van der Waals surface area contributed by atoms with E-state index in [1.807, 2.05) is 31.3 Å². The van der Waals surface area contributed by atoms with Crippen molar-refractivity contribution in [2.75, 3.05) is 18.1 Å². The Hall–Kier alpha value is -1.61. The van der Waals surface area contributed by atoms with Crippen molar-refractivity contribution in [1.82, 2.24) is 0 Å². The molecule has 2 nitrogen and oxygen atoms in total. The summed E-state index contributed by atoms with van der Waals surface area (Å²) in [5.74, 6) is 0. The molecule has 0 radical (unpaired) electrons. The maximum absolute atomic E-state index is 5.64. The van der Waals surface area contributed by atoms with Crippen molar-refractivity contribution in [3.05, 3.63) is 48.5 Å². The van der Waals surface area contributed by atoms with Gasteiger partial charge < -0.3 is 11.1 Å². The van der Waals surface area contributed by atoms with Crippen molar-refractivity contribution in [2.24, 2.45) is 0 Å². The van der Waals surface area contributed by atoms with Crippen molar-refractivity contribution >= 4 is 23.1 Å². The fourth-order valence-corrected chi connectivity index (χ4v) is 2.18. The Balaban J connectivity index is 2.11. The standard InChI is InChI=1S/C13H14N2S/c1-15-11-4-8-13(9-5-11)16-12-6-2-10(14)3-7-12/h2-9,15H,14H2,1H3. The highest BCUT2D eigenvalue weighted by Crippen LogP contribution is 2.28. The van der Waals surface area contributed by atoms with Gasteiger partial charge in [0.25, 0.3) is 0 Å². The lowest BCUT2D eigenvalue weighted by molar-refractivity contribution is 1.39. The first-order valence-corrected chi connectivity index (χ1v) is 5.91. The van der Waals surface area contributed by atoms with Gasteiger partial charge in [0.05, 0.1) is 0 Å². The Morgan fingerprint density at radius 2 is 1.38 bits per heavy atom. The van der Waals surface area contributed by atoms with Gasteiger partial charge in [-0.2, -0.15) is 0 Å². The molecule has 3 heteroatoms. The predicted octanol–water partition coefficient (Wildman–Crippen LogP) is 3.46. The van der Waals surface area contributed by atoms with E-state index in [0.29, 0.717) is 0 Å². The molecular formula is C13H14N2S. The lowest BCUT2D eigenvalue weighted by Gasteiger charge is -2.04. The zero-order valence-corrected chi connectivity index (χ0v) is 9.92. The maximum atomic E-state index is 5.64. The van der Waals surface area contributed by atoms with Gasteiger partial charge in [0.1, 0.15) is 0 Å². The third kappa shape index (κ3) is 2.70. The number of hydrogen-bond donors (Lipinski definition) is 2. The molecule has 0 aliphatic carbocycles. The van der Waals surface area contributed by atoms with E-state index in [1.54, 1.807) is 11.8 Å². The normalized spacial score (nSPS) is 10.1. The minimum absolute atomic E-state index is 0.801. The van der Waals surface area contributed by atoms with Crippen LogP contribution in [0.4, 0.5) is 11.4 Å². The summed E-state index contributed by atoms with van der Waals surface area (Å²) in [6, 6.07) is 16.3. The van der Waals surface area contributed by atoms with Crippen LogP contribution in [0.25, 0.3) is 0 Å². The molecule has 82 valence electrons. The largest absolute Gasteiger partial charge is 0.399 e. The van der Waals surface area contributed by atoms with E-state index in [0.717, 1.165) is 11.4 Å². The van der Waals surface area contributed by atoms with E-state index in [2.05, 4.69) is 29.6 Å². The van der Waals surface area contributed by atoms with Gasteiger partial charge in [0.15, 0.2) is 0 Å². The zero-order valence-electron chi connectivity index (χ0n) is 9.10. The van der Waals surface area contributed by atoms with Crippen LogP contribution < -0.4 is 11.1 Å². The molecule has 0 saturated heterocycles. The summed E-state index contributed by atoms with van der Waals surface area (Å²) >= 11 is 1.73. The van der Waals surface area contributed by atoms with Gasteiger partial charge in [0.2, 0.25) is 0 Å². The quantitative estimate of drug-likeness (QED) is 0.793. The number of anilines is 2. The van der Waals surface area contributed by atoms with E-state index < -0.39 is 0 Å². The van der Waals surface area contributed by atoms with Crippen LogP contribution in [-0.4, -0.2) is 7.05 Å². The minimum atomic E-state index is 0.801. The Labute approximate surface area is 99.9 Å². The Bertz CT molecular complexity index is 448. The number of nitrogens with two attached hydrogens (primary N) is 1. The van der Waals surface area contributed by atoms with Crippen LogP contribution in [-0.2, 0) is 0 Å². The molecule has 0 spiro atoms. The summed E-state index contributed by atoms with van der Waals surface area (Å²) in [6.45, 7) is 0. The number of rotatable bonds is 3. The second kappa shape index (κ2) is 4.94. The average molecular weight is 230 g/mol. The lowest BCUT2D eigenvalue weighted by Crippen LogP contribution is -1.86. The molecule has 0 aliphatic heterocycles. The van der Waals surface area contributed by atoms with E-state index in [4.69, 9.17) is 5.73 Å². The molecular weight excluding hydrogens is 216 g/mol. The molecule has 0 bridgehead atoms. The van der Waals surface area contributed by atoms with E-state index in [-0.39, 0.29) is 0 Å². The van der Waals surface area contributed by atoms with Crippen LogP contribution in [0.5, 0.6) is 0 Å². The first kappa shape index (κ1) is 10.9. The lowest BCUT2D eigenvalue weighted by atomic mass is 10.3. The minimum Gasteiger partial charge on any atom is -0.399 e. The summed E-state index contributed by atoms with van der Waals surface area (Å²) in [5.41, 5.74) is 7.57. The van der Waals surface area contributed by atoms with Crippen LogP contribution >= 0.6 is 11.8 Å². The topological polar surface area (TPSA) is 38.0 Å². The molecule has 0 aromatic heterocycles. The molecule has 0 amide bonds.